The Bertz CT molecular complexity index is 1030. The third-order valence-electron chi connectivity index (χ3n) is 3.97. The van der Waals surface area contributed by atoms with Crippen molar-refractivity contribution in [3.05, 3.63) is 70.2 Å². The summed E-state index contributed by atoms with van der Waals surface area (Å²) in [6, 6.07) is 11.3. The van der Waals surface area contributed by atoms with Gasteiger partial charge >= 0.3 is 5.97 Å². The number of rotatable bonds is 7. The SMILES string of the molecule is COC(=O)c1sccc1S(=O)(=O)N(C)Cc1cnn(Cc2ccccc2)c1. The van der Waals surface area contributed by atoms with Crippen molar-refractivity contribution in [3.63, 3.8) is 0 Å². The van der Waals surface area contributed by atoms with Crippen LogP contribution < -0.4 is 0 Å². The summed E-state index contributed by atoms with van der Waals surface area (Å²) in [5.41, 5.74) is 1.86. The minimum Gasteiger partial charge on any atom is -0.465 e. The van der Waals surface area contributed by atoms with Crippen molar-refractivity contribution in [2.45, 2.75) is 18.0 Å². The number of ether oxygens (including phenoxy) is 1. The molecule has 142 valence electrons. The van der Waals surface area contributed by atoms with Crippen molar-refractivity contribution in [1.82, 2.24) is 14.1 Å². The summed E-state index contributed by atoms with van der Waals surface area (Å²) in [5, 5.41) is 5.85. The Hall–Kier alpha value is -2.49. The van der Waals surface area contributed by atoms with Crippen LogP contribution in [0.25, 0.3) is 0 Å². The van der Waals surface area contributed by atoms with Gasteiger partial charge in [0, 0.05) is 25.4 Å². The van der Waals surface area contributed by atoms with E-state index < -0.39 is 16.0 Å². The van der Waals surface area contributed by atoms with Crippen LogP contribution in [0.1, 0.15) is 20.8 Å². The number of thiophene rings is 1. The maximum absolute atomic E-state index is 12.8. The summed E-state index contributed by atoms with van der Waals surface area (Å²) in [6.07, 6.45) is 3.46. The molecule has 2 heterocycles. The molecule has 0 saturated heterocycles. The second-order valence-electron chi connectivity index (χ2n) is 5.90. The van der Waals surface area contributed by atoms with Crippen LogP contribution in [-0.2, 0) is 27.8 Å². The molecule has 3 aromatic rings. The molecule has 2 aromatic heterocycles. The topological polar surface area (TPSA) is 81.5 Å². The molecule has 0 aliphatic rings. The van der Waals surface area contributed by atoms with Crippen molar-refractivity contribution < 1.29 is 17.9 Å². The van der Waals surface area contributed by atoms with E-state index in [9.17, 15) is 13.2 Å². The Kier molecular flexibility index (Phi) is 5.73. The third kappa shape index (κ3) is 4.26. The van der Waals surface area contributed by atoms with Crippen LogP contribution in [-0.4, -0.2) is 42.6 Å². The number of sulfonamides is 1. The molecule has 3 rings (SSSR count). The summed E-state index contributed by atoms with van der Waals surface area (Å²) >= 11 is 1.04. The lowest BCUT2D eigenvalue weighted by molar-refractivity contribution is 0.0602. The summed E-state index contributed by atoms with van der Waals surface area (Å²) in [6.45, 7) is 0.752. The van der Waals surface area contributed by atoms with Crippen molar-refractivity contribution >= 4 is 27.3 Å². The maximum atomic E-state index is 12.8. The molecule has 0 atom stereocenters. The van der Waals surface area contributed by atoms with Gasteiger partial charge in [-0.1, -0.05) is 30.3 Å². The average Bonchev–Trinajstić information content (AvgIpc) is 3.32. The predicted molar refractivity (Wildman–Crippen MR) is 102 cm³/mol. The Morgan fingerprint density at radius 1 is 1.22 bits per heavy atom. The van der Waals surface area contributed by atoms with E-state index in [1.54, 1.807) is 16.3 Å². The Morgan fingerprint density at radius 2 is 1.96 bits per heavy atom. The zero-order valence-corrected chi connectivity index (χ0v) is 16.5. The molecule has 0 radical (unpaired) electrons. The lowest BCUT2D eigenvalue weighted by Gasteiger charge is -2.16. The van der Waals surface area contributed by atoms with Crippen LogP contribution in [0.2, 0.25) is 0 Å². The van der Waals surface area contributed by atoms with E-state index in [0.29, 0.717) is 6.54 Å². The van der Waals surface area contributed by atoms with Gasteiger partial charge in [0.05, 0.1) is 19.9 Å². The molecule has 0 amide bonds. The van der Waals surface area contributed by atoms with Gasteiger partial charge in [0.25, 0.3) is 0 Å². The third-order valence-corrected chi connectivity index (χ3v) is 6.84. The zero-order chi connectivity index (χ0) is 19.4. The molecule has 1 aromatic carbocycles. The molecule has 9 heteroatoms. The van der Waals surface area contributed by atoms with Gasteiger partial charge in [-0.2, -0.15) is 9.40 Å². The van der Waals surface area contributed by atoms with Gasteiger partial charge in [-0.05, 0) is 17.0 Å². The minimum atomic E-state index is -3.82. The Labute approximate surface area is 161 Å². The molecule has 27 heavy (non-hydrogen) atoms. The van der Waals surface area contributed by atoms with Crippen molar-refractivity contribution in [1.29, 1.82) is 0 Å². The molecular weight excluding hydrogens is 386 g/mol. The smallest absolute Gasteiger partial charge is 0.349 e. The molecule has 0 bridgehead atoms. The minimum absolute atomic E-state index is 0.0430. The number of hydrogen-bond acceptors (Lipinski definition) is 6. The number of nitrogens with zero attached hydrogens (tertiary/aromatic N) is 3. The lowest BCUT2D eigenvalue weighted by atomic mass is 10.2. The number of methoxy groups -OCH3 is 1. The fraction of sp³-hybridized carbons (Fsp3) is 0.222. The lowest BCUT2D eigenvalue weighted by Crippen LogP contribution is -2.27. The number of carbonyl (C=O) groups excluding carboxylic acids is 1. The van der Waals surface area contributed by atoms with E-state index in [-0.39, 0.29) is 16.3 Å². The highest BCUT2D eigenvalue weighted by Gasteiger charge is 2.28. The number of esters is 1. The van der Waals surface area contributed by atoms with Gasteiger partial charge in [-0.3, -0.25) is 4.68 Å². The first-order chi connectivity index (χ1) is 12.9. The first kappa shape index (κ1) is 19.3. The quantitative estimate of drug-likeness (QED) is 0.565. The second kappa shape index (κ2) is 8.03. The number of benzene rings is 1. The van der Waals surface area contributed by atoms with E-state index >= 15 is 0 Å². The monoisotopic (exact) mass is 405 g/mol. The highest BCUT2D eigenvalue weighted by molar-refractivity contribution is 7.89. The van der Waals surface area contributed by atoms with E-state index in [0.717, 1.165) is 22.5 Å². The largest absolute Gasteiger partial charge is 0.465 e. The Balaban J connectivity index is 1.74. The van der Waals surface area contributed by atoms with Crippen molar-refractivity contribution in [2.24, 2.45) is 0 Å². The molecular formula is C18H19N3O4S2. The van der Waals surface area contributed by atoms with E-state index in [4.69, 9.17) is 0 Å². The van der Waals surface area contributed by atoms with Gasteiger partial charge in [0.2, 0.25) is 10.0 Å². The van der Waals surface area contributed by atoms with Crippen LogP contribution in [0, 0.1) is 0 Å². The summed E-state index contributed by atoms with van der Waals surface area (Å²) in [5.74, 6) is -0.660. The van der Waals surface area contributed by atoms with Crippen LogP contribution in [0.4, 0.5) is 0 Å². The first-order valence-electron chi connectivity index (χ1n) is 8.09. The molecule has 0 spiro atoms. The summed E-state index contributed by atoms with van der Waals surface area (Å²) in [7, 11) is -1.12. The van der Waals surface area contributed by atoms with Gasteiger partial charge in [-0.25, -0.2) is 13.2 Å². The predicted octanol–water partition coefficient (Wildman–Crippen LogP) is 2.60. The van der Waals surface area contributed by atoms with E-state index in [1.807, 2.05) is 36.5 Å². The standard InChI is InChI=1S/C18H19N3O4S2/c1-20(27(23,24)16-8-9-26-17(16)18(22)25-2)11-15-10-19-21(13-15)12-14-6-4-3-5-7-14/h3-10,13H,11-12H2,1-2H3. The highest BCUT2D eigenvalue weighted by atomic mass is 32.2. The summed E-state index contributed by atoms with van der Waals surface area (Å²) in [4.78, 5) is 11.8. The average molecular weight is 406 g/mol. The second-order valence-corrected chi connectivity index (χ2v) is 8.83. The van der Waals surface area contributed by atoms with E-state index in [1.165, 1.54) is 24.5 Å². The molecule has 0 aliphatic heterocycles. The molecule has 0 saturated carbocycles. The van der Waals surface area contributed by atoms with E-state index in [2.05, 4.69) is 9.84 Å². The van der Waals surface area contributed by atoms with Crippen LogP contribution in [0.15, 0.2) is 59.1 Å². The normalized spacial score (nSPS) is 11.7. The van der Waals surface area contributed by atoms with Crippen molar-refractivity contribution in [2.75, 3.05) is 14.2 Å². The maximum Gasteiger partial charge on any atom is 0.349 e. The first-order valence-corrected chi connectivity index (χ1v) is 10.4. The van der Waals surface area contributed by atoms with Crippen LogP contribution in [0.3, 0.4) is 0 Å². The molecule has 0 unspecified atom stereocenters. The van der Waals surface area contributed by atoms with Gasteiger partial charge in [0.1, 0.15) is 9.77 Å². The Morgan fingerprint density at radius 3 is 2.67 bits per heavy atom. The molecule has 0 aliphatic carbocycles. The molecule has 0 fully saturated rings. The summed E-state index contributed by atoms with van der Waals surface area (Å²) < 4.78 is 33.3. The van der Waals surface area contributed by atoms with Crippen molar-refractivity contribution in [3.8, 4) is 0 Å². The number of aromatic nitrogens is 2. The van der Waals surface area contributed by atoms with Crippen LogP contribution >= 0.6 is 11.3 Å². The fourth-order valence-corrected chi connectivity index (χ4v) is 5.06. The molecule has 7 nitrogen and oxygen atoms in total. The number of hydrogen-bond donors (Lipinski definition) is 0. The highest BCUT2D eigenvalue weighted by Crippen LogP contribution is 2.26. The van der Waals surface area contributed by atoms with Gasteiger partial charge < -0.3 is 4.74 Å². The zero-order valence-electron chi connectivity index (χ0n) is 14.9. The van der Waals surface area contributed by atoms with Crippen LogP contribution in [0.5, 0.6) is 0 Å². The van der Waals surface area contributed by atoms with Gasteiger partial charge in [0.15, 0.2) is 0 Å². The molecule has 0 N–H and O–H groups in total. The number of carbonyl (C=O) groups is 1. The van der Waals surface area contributed by atoms with Gasteiger partial charge in [-0.15, -0.1) is 11.3 Å². The fourth-order valence-electron chi connectivity index (χ4n) is 2.60.